The van der Waals surface area contributed by atoms with Crippen LogP contribution >= 0.6 is 0 Å². The molecule has 2 aromatic carbocycles. The molecule has 0 N–H and O–H groups in total. The van der Waals surface area contributed by atoms with Gasteiger partial charge < -0.3 is 14.4 Å². The van der Waals surface area contributed by atoms with Crippen molar-refractivity contribution in [2.45, 2.75) is 37.5 Å². The Bertz CT molecular complexity index is 914. The second-order valence-electron chi connectivity index (χ2n) is 8.19. The molecule has 0 atom stereocenters. The summed E-state index contributed by atoms with van der Waals surface area (Å²) in [4.78, 5) is 14.7. The smallest absolute Gasteiger partial charge is 0.375 e. The lowest BCUT2D eigenvalue weighted by molar-refractivity contribution is -0.214. The van der Waals surface area contributed by atoms with Gasteiger partial charge in [0.1, 0.15) is 5.60 Å². The molecule has 166 valence electrons. The van der Waals surface area contributed by atoms with Gasteiger partial charge in [0.15, 0.2) is 0 Å². The highest BCUT2D eigenvalue weighted by atomic mass is 19.4. The van der Waals surface area contributed by atoms with Gasteiger partial charge >= 0.3 is 6.18 Å². The summed E-state index contributed by atoms with van der Waals surface area (Å²) in [5.41, 5.74) is 1.26. The van der Waals surface area contributed by atoms with E-state index in [1.807, 2.05) is 31.2 Å². The number of halogens is 3. The number of hydrogen-bond acceptors (Lipinski definition) is 3. The Morgan fingerprint density at radius 3 is 2.35 bits per heavy atom. The van der Waals surface area contributed by atoms with Crippen molar-refractivity contribution in [1.29, 1.82) is 0 Å². The lowest BCUT2D eigenvalue weighted by Gasteiger charge is -2.41. The third-order valence-electron chi connectivity index (χ3n) is 6.22. The molecule has 0 saturated carbocycles. The molecule has 4 rings (SSSR count). The van der Waals surface area contributed by atoms with E-state index >= 15 is 0 Å². The molecule has 2 aliphatic rings. The topological polar surface area (TPSA) is 38.8 Å². The monoisotopic (exact) mass is 433 g/mol. The van der Waals surface area contributed by atoms with Gasteiger partial charge in [-0.2, -0.15) is 13.2 Å². The first-order valence-corrected chi connectivity index (χ1v) is 10.6. The molecule has 31 heavy (non-hydrogen) atoms. The Morgan fingerprint density at radius 2 is 1.81 bits per heavy atom. The molecule has 0 aliphatic carbocycles. The fourth-order valence-electron chi connectivity index (χ4n) is 4.38. The first-order valence-electron chi connectivity index (χ1n) is 10.6. The molecule has 2 heterocycles. The van der Waals surface area contributed by atoms with Gasteiger partial charge in [-0.3, -0.25) is 4.79 Å². The molecule has 4 nitrogen and oxygen atoms in total. The van der Waals surface area contributed by atoms with Gasteiger partial charge in [0.2, 0.25) is 0 Å². The Balaban J connectivity index is 1.38. The highest BCUT2D eigenvalue weighted by Crippen LogP contribution is 2.35. The SMILES string of the molecule is CCOC1(c2ccc(C(=O)N3CCC(c4cccc(C(F)(F)F)c4)CC3)cc2)COC1. The molecule has 1 amide bonds. The number of piperidine rings is 1. The van der Waals surface area contributed by atoms with Crippen molar-refractivity contribution >= 4 is 5.91 Å². The molecule has 2 aliphatic heterocycles. The normalized spacial score (nSPS) is 19.2. The highest BCUT2D eigenvalue weighted by molar-refractivity contribution is 5.94. The molecule has 2 fully saturated rings. The van der Waals surface area contributed by atoms with Crippen LogP contribution in [0.4, 0.5) is 13.2 Å². The minimum Gasteiger partial charge on any atom is -0.375 e. The summed E-state index contributed by atoms with van der Waals surface area (Å²) in [7, 11) is 0. The Hall–Kier alpha value is -2.38. The molecular formula is C24H26F3NO3. The van der Waals surface area contributed by atoms with E-state index < -0.39 is 17.3 Å². The first kappa shape index (κ1) is 21.8. The Morgan fingerprint density at radius 1 is 1.13 bits per heavy atom. The number of benzene rings is 2. The predicted molar refractivity (Wildman–Crippen MR) is 110 cm³/mol. The van der Waals surface area contributed by atoms with Gasteiger partial charge in [0.05, 0.1) is 18.8 Å². The number of ether oxygens (including phenoxy) is 2. The number of hydrogen-bond donors (Lipinski definition) is 0. The van der Waals surface area contributed by atoms with Gasteiger partial charge in [-0.05, 0) is 55.0 Å². The summed E-state index contributed by atoms with van der Waals surface area (Å²) < 4.78 is 50.2. The summed E-state index contributed by atoms with van der Waals surface area (Å²) in [5, 5.41) is 0. The quantitative estimate of drug-likeness (QED) is 0.667. The molecule has 0 aromatic heterocycles. The van der Waals surface area contributed by atoms with Crippen LogP contribution in [0.3, 0.4) is 0 Å². The van der Waals surface area contributed by atoms with Crippen molar-refractivity contribution in [2.24, 2.45) is 0 Å². The van der Waals surface area contributed by atoms with Crippen LogP contribution in [0.5, 0.6) is 0 Å². The first-order chi connectivity index (χ1) is 14.8. The second-order valence-corrected chi connectivity index (χ2v) is 8.19. The molecule has 0 radical (unpaired) electrons. The maximum absolute atomic E-state index is 13.0. The van der Waals surface area contributed by atoms with Crippen LogP contribution in [0, 0.1) is 0 Å². The molecule has 0 spiro atoms. The predicted octanol–water partition coefficient (Wildman–Crippen LogP) is 4.99. The number of rotatable bonds is 5. The zero-order valence-corrected chi connectivity index (χ0v) is 17.5. The Kier molecular flexibility index (Phi) is 6.08. The van der Waals surface area contributed by atoms with Crippen LogP contribution in [-0.2, 0) is 21.3 Å². The van der Waals surface area contributed by atoms with E-state index in [4.69, 9.17) is 9.47 Å². The maximum atomic E-state index is 13.0. The molecule has 7 heteroatoms. The Labute approximate surface area is 180 Å². The lowest BCUT2D eigenvalue weighted by atomic mass is 9.88. The van der Waals surface area contributed by atoms with E-state index in [0.717, 1.165) is 11.6 Å². The number of likely N-dealkylation sites (tertiary alicyclic amines) is 1. The number of carbonyl (C=O) groups excluding carboxylic acids is 1. The summed E-state index contributed by atoms with van der Waals surface area (Å²) in [5.74, 6) is -0.0252. The van der Waals surface area contributed by atoms with Gasteiger partial charge in [0.25, 0.3) is 5.91 Å². The van der Waals surface area contributed by atoms with Crippen LogP contribution in [0.1, 0.15) is 52.7 Å². The van der Waals surface area contributed by atoms with Gasteiger partial charge in [-0.25, -0.2) is 0 Å². The zero-order valence-electron chi connectivity index (χ0n) is 17.5. The van der Waals surface area contributed by atoms with Crippen molar-refractivity contribution in [3.05, 3.63) is 70.8 Å². The summed E-state index contributed by atoms with van der Waals surface area (Å²) >= 11 is 0. The van der Waals surface area contributed by atoms with Gasteiger partial charge in [-0.1, -0.05) is 30.3 Å². The average Bonchev–Trinajstić information content (AvgIpc) is 2.75. The number of alkyl halides is 3. The van der Waals surface area contributed by atoms with Crippen molar-refractivity contribution in [3.8, 4) is 0 Å². The second kappa shape index (κ2) is 8.63. The van der Waals surface area contributed by atoms with Crippen molar-refractivity contribution in [1.82, 2.24) is 4.90 Å². The van der Waals surface area contributed by atoms with Crippen LogP contribution < -0.4 is 0 Å². The summed E-state index contributed by atoms with van der Waals surface area (Å²) in [6, 6.07) is 13.0. The molecule has 2 saturated heterocycles. The third kappa shape index (κ3) is 4.48. The van der Waals surface area contributed by atoms with E-state index in [-0.39, 0.29) is 11.8 Å². The minimum absolute atomic E-state index is 0.0263. The van der Waals surface area contributed by atoms with Gasteiger partial charge in [-0.15, -0.1) is 0 Å². The fourth-order valence-corrected chi connectivity index (χ4v) is 4.38. The maximum Gasteiger partial charge on any atom is 0.416 e. The van der Waals surface area contributed by atoms with E-state index in [0.29, 0.717) is 56.9 Å². The van der Waals surface area contributed by atoms with E-state index in [1.54, 1.807) is 11.0 Å². The minimum atomic E-state index is -4.34. The molecule has 2 aromatic rings. The average molecular weight is 433 g/mol. The van der Waals surface area contributed by atoms with Crippen molar-refractivity contribution in [2.75, 3.05) is 32.9 Å². The number of amides is 1. The van der Waals surface area contributed by atoms with E-state index in [2.05, 4.69) is 0 Å². The highest BCUT2D eigenvalue weighted by Gasteiger charge is 2.41. The zero-order chi connectivity index (χ0) is 22.1. The third-order valence-corrected chi connectivity index (χ3v) is 6.22. The van der Waals surface area contributed by atoms with Crippen LogP contribution in [0.25, 0.3) is 0 Å². The largest absolute Gasteiger partial charge is 0.416 e. The molecule has 0 unspecified atom stereocenters. The van der Waals surface area contributed by atoms with Gasteiger partial charge in [0, 0.05) is 25.3 Å². The lowest BCUT2D eigenvalue weighted by Crippen LogP contribution is -2.49. The fraction of sp³-hybridized carbons (Fsp3) is 0.458. The molecule has 0 bridgehead atoms. The number of carbonyl (C=O) groups is 1. The summed E-state index contributed by atoms with van der Waals surface area (Å²) in [6.07, 6.45) is -3.04. The summed E-state index contributed by atoms with van der Waals surface area (Å²) in [6.45, 7) is 4.61. The van der Waals surface area contributed by atoms with Crippen LogP contribution in [0.15, 0.2) is 48.5 Å². The van der Waals surface area contributed by atoms with E-state index in [9.17, 15) is 18.0 Å². The van der Waals surface area contributed by atoms with Crippen molar-refractivity contribution < 1.29 is 27.4 Å². The van der Waals surface area contributed by atoms with Crippen molar-refractivity contribution in [3.63, 3.8) is 0 Å². The standard InChI is InChI=1S/C24H26F3NO3/c1-2-31-23(15-30-16-23)20-8-6-18(7-9-20)22(29)28-12-10-17(11-13-28)19-4-3-5-21(14-19)24(25,26)27/h3-9,14,17H,2,10-13,15-16H2,1H3. The van der Waals surface area contributed by atoms with Crippen LogP contribution in [-0.4, -0.2) is 43.7 Å². The van der Waals surface area contributed by atoms with E-state index in [1.165, 1.54) is 12.1 Å². The molecular weight excluding hydrogens is 407 g/mol. The van der Waals surface area contributed by atoms with Crippen LogP contribution in [0.2, 0.25) is 0 Å². The number of nitrogens with zero attached hydrogens (tertiary/aromatic N) is 1.